The minimum absolute atomic E-state index is 0.161. The van der Waals surface area contributed by atoms with Gasteiger partial charge in [0.05, 0.1) is 13.7 Å². The van der Waals surface area contributed by atoms with Crippen LogP contribution in [-0.4, -0.2) is 31.0 Å². The predicted molar refractivity (Wildman–Crippen MR) is 58.4 cm³/mol. The largest absolute Gasteiger partial charge is 0.573 e. The van der Waals surface area contributed by atoms with E-state index in [1.807, 2.05) is 0 Å². The smallest absolute Gasteiger partial charge is 0.492 e. The number of hydrogen-bond donors (Lipinski definition) is 0. The second kappa shape index (κ2) is 6.28. The van der Waals surface area contributed by atoms with Crippen molar-refractivity contribution in [2.24, 2.45) is 0 Å². The maximum Gasteiger partial charge on any atom is 0.573 e. The number of rotatable bonds is 4. The number of halogens is 6. The molecule has 0 saturated heterocycles. The maximum atomic E-state index is 12.8. The fourth-order valence-corrected chi connectivity index (χ4v) is 1.44. The summed E-state index contributed by atoms with van der Waals surface area (Å²) >= 11 is 0. The van der Waals surface area contributed by atoms with E-state index in [1.54, 1.807) is 0 Å². The Morgan fingerprint density at radius 1 is 1.18 bits per heavy atom. The van der Waals surface area contributed by atoms with Crippen molar-refractivity contribution < 1.29 is 45.3 Å². The molecule has 1 aromatic heterocycles. The van der Waals surface area contributed by atoms with Gasteiger partial charge in [0.2, 0.25) is 5.75 Å². The van der Waals surface area contributed by atoms with Crippen molar-refractivity contribution in [2.45, 2.75) is 19.5 Å². The van der Waals surface area contributed by atoms with E-state index < -0.39 is 41.3 Å². The quantitative estimate of drug-likeness (QED) is 0.626. The first-order chi connectivity index (χ1) is 10.0. The second-order valence-corrected chi connectivity index (χ2v) is 3.65. The molecule has 0 aliphatic carbocycles. The molecule has 0 aromatic carbocycles. The van der Waals surface area contributed by atoms with Crippen molar-refractivity contribution in [2.75, 3.05) is 13.7 Å². The van der Waals surface area contributed by atoms with Crippen LogP contribution in [0.2, 0.25) is 0 Å². The number of ether oxygens (including phenoxy) is 3. The van der Waals surface area contributed by atoms with Crippen LogP contribution in [0.3, 0.4) is 0 Å². The molecular weight excluding hydrogens is 324 g/mol. The number of carbonyl (C=O) groups excluding carboxylic acids is 1. The molecular formula is C11H9F6NO4. The molecule has 0 amide bonds. The van der Waals surface area contributed by atoms with Crippen LogP contribution in [0.1, 0.15) is 23.0 Å². The summed E-state index contributed by atoms with van der Waals surface area (Å²) in [5.74, 6) is -4.21. The fraction of sp³-hybridized carbons (Fsp3) is 0.455. The van der Waals surface area contributed by atoms with Gasteiger partial charge < -0.3 is 14.2 Å². The van der Waals surface area contributed by atoms with Gasteiger partial charge in [0.25, 0.3) is 0 Å². The lowest BCUT2D eigenvalue weighted by molar-refractivity contribution is -0.275. The van der Waals surface area contributed by atoms with Crippen LogP contribution in [0.5, 0.6) is 11.5 Å². The van der Waals surface area contributed by atoms with Crippen molar-refractivity contribution >= 4 is 5.97 Å². The van der Waals surface area contributed by atoms with Gasteiger partial charge in [-0.3, -0.25) is 0 Å². The van der Waals surface area contributed by atoms with Crippen molar-refractivity contribution in [1.29, 1.82) is 0 Å². The molecule has 0 atom stereocenters. The molecule has 0 saturated carbocycles. The molecule has 1 aromatic rings. The number of hydrogen-bond acceptors (Lipinski definition) is 5. The van der Waals surface area contributed by atoms with Crippen LogP contribution in [0, 0.1) is 0 Å². The molecule has 0 unspecified atom stereocenters. The van der Waals surface area contributed by atoms with Crippen molar-refractivity contribution in [3.63, 3.8) is 0 Å². The zero-order chi connectivity index (χ0) is 17.1. The van der Waals surface area contributed by atoms with Gasteiger partial charge in [-0.15, -0.1) is 13.2 Å². The normalized spacial score (nSPS) is 12.0. The van der Waals surface area contributed by atoms with E-state index in [0.29, 0.717) is 7.11 Å². The highest BCUT2D eigenvalue weighted by molar-refractivity contribution is 5.91. The van der Waals surface area contributed by atoms with Crippen LogP contribution < -0.4 is 9.47 Å². The molecule has 1 heterocycles. The van der Waals surface area contributed by atoms with Crippen LogP contribution in [0.4, 0.5) is 26.3 Å². The van der Waals surface area contributed by atoms with E-state index in [4.69, 9.17) is 0 Å². The Morgan fingerprint density at radius 2 is 1.77 bits per heavy atom. The van der Waals surface area contributed by atoms with E-state index in [9.17, 15) is 31.1 Å². The van der Waals surface area contributed by atoms with Crippen LogP contribution in [0.25, 0.3) is 0 Å². The monoisotopic (exact) mass is 333 g/mol. The molecule has 22 heavy (non-hydrogen) atoms. The number of nitrogens with zero attached hydrogens (tertiary/aromatic N) is 1. The van der Waals surface area contributed by atoms with Crippen LogP contribution >= 0.6 is 0 Å². The number of carbonyl (C=O) groups is 1. The first kappa shape index (κ1) is 17.9. The van der Waals surface area contributed by atoms with Gasteiger partial charge in [0.1, 0.15) is 5.56 Å². The van der Waals surface area contributed by atoms with Gasteiger partial charge in [-0.05, 0) is 6.92 Å². The Labute approximate surface area is 119 Å². The average molecular weight is 333 g/mol. The van der Waals surface area contributed by atoms with E-state index >= 15 is 0 Å². The maximum absolute atomic E-state index is 12.8. The van der Waals surface area contributed by atoms with E-state index in [-0.39, 0.29) is 12.8 Å². The summed E-state index contributed by atoms with van der Waals surface area (Å²) in [7, 11) is 0.697. The lowest BCUT2D eigenvalue weighted by atomic mass is 10.2. The minimum Gasteiger partial charge on any atom is -0.492 e. The highest BCUT2D eigenvalue weighted by Gasteiger charge is 2.42. The van der Waals surface area contributed by atoms with Crippen LogP contribution in [0.15, 0.2) is 6.20 Å². The summed E-state index contributed by atoms with van der Waals surface area (Å²) in [4.78, 5) is 14.6. The fourth-order valence-electron chi connectivity index (χ4n) is 1.44. The Hall–Kier alpha value is -2.20. The molecule has 5 nitrogen and oxygen atoms in total. The highest BCUT2D eigenvalue weighted by atomic mass is 19.4. The first-order valence-corrected chi connectivity index (χ1v) is 5.58. The third kappa shape index (κ3) is 4.15. The summed E-state index contributed by atoms with van der Waals surface area (Å²) in [6, 6.07) is 0. The van der Waals surface area contributed by atoms with Gasteiger partial charge >= 0.3 is 18.5 Å². The molecule has 124 valence electrons. The standard InChI is InChI=1S/C11H9F6NO4/c1-3-21-9(19)6-8(22-11(15,16)17)7(20-2)5(4-18-6)10(12,13)14/h4H,3H2,1-2H3. The molecule has 1 rings (SSSR count). The van der Waals surface area contributed by atoms with Crippen molar-refractivity contribution in [1.82, 2.24) is 4.98 Å². The lowest BCUT2D eigenvalue weighted by Gasteiger charge is -2.18. The second-order valence-electron chi connectivity index (χ2n) is 3.65. The average Bonchev–Trinajstić information content (AvgIpc) is 2.35. The summed E-state index contributed by atoms with van der Waals surface area (Å²) in [5.41, 5.74) is -2.70. The summed E-state index contributed by atoms with van der Waals surface area (Å²) < 4.78 is 87.6. The zero-order valence-electron chi connectivity index (χ0n) is 11.1. The van der Waals surface area contributed by atoms with Gasteiger partial charge in [-0.25, -0.2) is 9.78 Å². The molecule has 0 aliphatic rings. The van der Waals surface area contributed by atoms with Gasteiger partial charge in [-0.1, -0.05) is 0 Å². The number of aromatic nitrogens is 1. The summed E-state index contributed by atoms with van der Waals surface area (Å²) in [6.45, 7) is 1.12. The van der Waals surface area contributed by atoms with Crippen LogP contribution in [-0.2, 0) is 10.9 Å². The lowest BCUT2D eigenvalue weighted by Crippen LogP contribution is -2.22. The molecule has 0 spiro atoms. The Morgan fingerprint density at radius 3 is 2.18 bits per heavy atom. The zero-order valence-corrected chi connectivity index (χ0v) is 11.1. The van der Waals surface area contributed by atoms with Crippen molar-refractivity contribution in [3.05, 3.63) is 17.5 Å². The van der Waals surface area contributed by atoms with E-state index in [2.05, 4.69) is 19.2 Å². The molecule has 11 heteroatoms. The van der Waals surface area contributed by atoms with Gasteiger partial charge in [0.15, 0.2) is 11.4 Å². The van der Waals surface area contributed by atoms with E-state index in [0.717, 1.165) is 0 Å². The van der Waals surface area contributed by atoms with E-state index in [1.165, 1.54) is 6.92 Å². The number of methoxy groups -OCH3 is 1. The number of pyridine rings is 1. The van der Waals surface area contributed by atoms with Gasteiger partial charge in [-0.2, -0.15) is 13.2 Å². The Bertz CT molecular complexity index is 555. The predicted octanol–water partition coefficient (Wildman–Crippen LogP) is 3.18. The third-order valence-corrected chi connectivity index (χ3v) is 2.18. The number of esters is 1. The highest BCUT2D eigenvalue weighted by Crippen LogP contribution is 2.44. The third-order valence-electron chi connectivity index (χ3n) is 2.18. The topological polar surface area (TPSA) is 57.7 Å². The number of alkyl halides is 6. The summed E-state index contributed by atoms with van der Waals surface area (Å²) in [6.07, 6.45) is -10.3. The Balaban J connectivity index is 3.56. The first-order valence-electron chi connectivity index (χ1n) is 5.58. The SMILES string of the molecule is CCOC(=O)c1ncc(C(F)(F)F)c(OC)c1OC(F)(F)F. The minimum atomic E-state index is -5.36. The summed E-state index contributed by atoms with van der Waals surface area (Å²) in [5, 5.41) is 0. The molecule has 0 N–H and O–H groups in total. The van der Waals surface area contributed by atoms with Crippen molar-refractivity contribution in [3.8, 4) is 11.5 Å². The molecule has 0 fully saturated rings. The Kier molecular flexibility index (Phi) is 5.09. The molecule has 0 radical (unpaired) electrons. The molecule has 0 aliphatic heterocycles. The molecule has 0 bridgehead atoms. The van der Waals surface area contributed by atoms with Gasteiger partial charge in [0, 0.05) is 6.20 Å².